The summed E-state index contributed by atoms with van der Waals surface area (Å²) < 4.78 is 0. The van der Waals surface area contributed by atoms with Gasteiger partial charge < -0.3 is 10.6 Å². The van der Waals surface area contributed by atoms with Crippen molar-refractivity contribution in [1.82, 2.24) is 4.98 Å². The van der Waals surface area contributed by atoms with Crippen LogP contribution in [0.5, 0.6) is 0 Å². The summed E-state index contributed by atoms with van der Waals surface area (Å²) >= 11 is 0. The van der Waals surface area contributed by atoms with Crippen LogP contribution < -0.4 is 10.6 Å². The molecule has 142 valence electrons. The molecule has 5 nitrogen and oxygen atoms in total. The summed E-state index contributed by atoms with van der Waals surface area (Å²) in [5, 5.41) is 5.65. The fraction of sp³-hybridized carbons (Fsp3) is 0.174. The Balaban J connectivity index is 1.69. The number of aryl methyl sites for hydroxylation is 2. The van der Waals surface area contributed by atoms with E-state index in [-0.39, 0.29) is 11.8 Å². The molecule has 0 aliphatic rings. The SMILES string of the molecule is CCc1ccc(NC(=O)c2cncc(C(=O)Nc3ccc(CC)cc3)c2)cc1. The third-order valence-corrected chi connectivity index (χ3v) is 4.50. The summed E-state index contributed by atoms with van der Waals surface area (Å²) in [4.78, 5) is 29.0. The lowest BCUT2D eigenvalue weighted by Crippen LogP contribution is -2.16. The van der Waals surface area contributed by atoms with Crippen LogP contribution in [-0.2, 0) is 12.8 Å². The number of nitrogens with one attached hydrogen (secondary N) is 2. The first-order valence-electron chi connectivity index (χ1n) is 9.34. The number of nitrogens with zero attached hydrogens (tertiary/aromatic N) is 1. The van der Waals surface area contributed by atoms with E-state index in [4.69, 9.17) is 0 Å². The number of amides is 2. The van der Waals surface area contributed by atoms with Crippen molar-refractivity contribution in [1.29, 1.82) is 0 Å². The molecule has 3 rings (SSSR count). The minimum Gasteiger partial charge on any atom is -0.322 e. The maximum absolute atomic E-state index is 12.5. The molecule has 3 aromatic rings. The van der Waals surface area contributed by atoms with E-state index >= 15 is 0 Å². The van der Waals surface area contributed by atoms with Crippen LogP contribution >= 0.6 is 0 Å². The first-order chi connectivity index (χ1) is 13.6. The minimum atomic E-state index is -0.307. The van der Waals surface area contributed by atoms with E-state index in [9.17, 15) is 9.59 Å². The average molecular weight is 373 g/mol. The monoisotopic (exact) mass is 373 g/mol. The van der Waals surface area contributed by atoms with Crippen molar-refractivity contribution < 1.29 is 9.59 Å². The van der Waals surface area contributed by atoms with Crippen molar-refractivity contribution in [3.8, 4) is 0 Å². The Morgan fingerprint density at radius 3 is 1.46 bits per heavy atom. The van der Waals surface area contributed by atoms with Crippen molar-refractivity contribution in [2.45, 2.75) is 26.7 Å². The van der Waals surface area contributed by atoms with Gasteiger partial charge in [0.05, 0.1) is 11.1 Å². The molecule has 2 aromatic carbocycles. The number of aromatic nitrogens is 1. The van der Waals surface area contributed by atoms with Gasteiger partial charge in [-0.3, -0.25) is 14.6 Å². The lowest BCUT2D eigenvalue weighted by molar-refractivity contribution is 0.102. The molecule has 0 spiro atoms. The fourth-order valence-electron chi connectivity index (χ4n) is 2.74. The molecule has 5 heteroatoms. The van der Waals surface area contributed by atoms with Crippen molar-refractivity contribution >= 4 is 23.2 Å². The van der Waals surface area contributed by atoms with Crippen LogP contribution in [0.25, 0.3) is 0 Å². The van der Waals surface area contributed by atoms with Crippen molar-refractivity contribution in [2.24, 2.45) is 0 Å². The van der Waals surface area contributed by atoms with Crippen molar-refractivity contribution in [3.05, 3.63) is 89.2 Å². The van der Waals surface area contributed by atoms with Gasteiger partial charge in [0.2, 0.25) is 0 Å². The van der Waals surface area contributed by atoms with Gasteiger partial charge in [0.1, 0.15) is 0 Å². The molecule has 0 aliphatic heterocycles. The minimum absolute atomic E-state index is 0.307. The van der Waals surface area contributed by atoms with Gasteiger partial charge in [-0.25, -0.2) is 0 Å². The van der Waals surface area contributed by atoms with E-state index in [2.05, 4.69) is 29.5 Å². The van der Waals surface area contributed by atoms with Crippen LogP contribution in [0.2, 0.25) is 0 Å². The lowest BCUT2D eigenvalue weighted by Gasteiger charge is -2.08. The second-order valence-electron chi connectivity index (χ2n) is 6.47. The van der Waals surface area contributed by atoms with Gasteiger partial charge in [0.15, 0.2) is 0 Å². The maximum atomic E-state index is 12.5. The van der Waals surface area contributed by atoms with Crippen molar-refractivity contribution in [3.63, 3.8) is 0 Å². The van der Waals surface area contributed by atoms with Crippen LogP contribution in [0.4, 0.5) is 11.4 Å². The zero-order valence-corrected chi connectivity index (χ0v) is 16.0. The number of carbonyl (C=O) groups excluding carboxylic acids is 2. The smallest absolute Gasteiger partial charge is 0.257 e. The van der Waals surface area contributed by atoms with E-state index in [0.717, 1.165) is 12.8 Å². The van der Waals surface area contributed by atoms with E-state index in [1.807, 2.05) is 48.5 Å². The third-order valence-electron chi connectivity index (χ3n) is 4.50. The standard InChI is InChI=1S/C23H23N3O2/c1-3-16-5-9-20(10-6-16)25-22(27)18-13-19(15-24-14-18)23(28)26-21-11-7-17(4-2)8-12-21/h5-15H,3-4H2,1-2H3,(H,25,27)(H,26,28). The fourth-order valence-corrected chi connectivity index (χ4v) is 2.74. The summed E-state index contributed by atoms with van der Waals surface area (Å²) in [7, 11) is 0. The molecular weight excluding hydrogens is 350 g/mol. The molecule has 1 heterocycles. The number of hydrogen-bond acceptors (Lipinski definition) is 3. The third kappa shape index (κ3) is 4.82. The Morgan fingerprint density at radius 1 is 0.714 bits per heavy atom. The molecule has 0 atom stereocenters. The second-order valence-corrected chi connectivity index (χ2v) is 6.47. The van der Waals surface area contributed by atoms with Crippen LogP contribution in [-0.4, -0.2) is 16.8 Å². The van der Waals surface area contributed by atoms with Gasteiger partial charge in [0.25, 0.3) is 11.8 Å². The van der Waals surface area contributed by atoms with E-state index < -0.39 is 0 Å². The van der Waals surface area contributed by atoms with Crippen LogP contribution in [0.3, 0.4) is 0 Å². The number of anilines is 2. The van der Waals surface area contributed by atoms with Gasteiger partial charge >= 0.3 is 0 Å². The Hall–Kier alpha value is -3.47. The zero-order chi connectivity index (χ0) is 19.9. The van der Waals surface area contributed by atoms with Crippen molar-refractivity contribution in [2.75, 3.05) is 10.6 Å². The van der Waals surface area contributed by atoms with E-state index in [1.54, 1.807) is 6.07 Å². The lowest BCUT2D eigenvalue weighted by atomic mass is 10.1. The number of hydrogen-bond donors (Lipinski definition) is 2. The summed E-state index contributed by atoms with van der Waals surface area (Å²) in [5.74, 6) is -0.614. The summed E-state index contributed by atoms with van der Waals surface area (Å²) in [5.41, 5.74) is 4.46. The largest absolute Gasteiger partial charge is 0.322 e. The van der Waals surface area contributed by atoms with Gasteiger partial charge in [-0.05, 0) is 54.3 Å². The molecule has 2 amide bonds. The predicted octanol–water partition coefficient (Wildman–Crippen LogP) is 4.71. The summed E-state index contributed by atoms with van der Waals surface area (Å²) in [6.45, 7) is 4.15. The molecular formula is C23H23N3O2. The highest BCUT2D eigenvalue weighted by atomic mass is 16.2. The molecule has 2 N–H and O–H groups in total. The Labute approximate surface area is 164 Å². The molecule has 0 fully saturated rings. The zero-order valence-electron chi connectivity index (χ0n) is 16.0. The Morgan fingerprint density at radius 2 is 1.11 bits per heavy atom. The molecule has 0 unspecified atom stereocenters. The molecule has 0 aliphatic carbocycles. The second kappa shape index (κ2) is 8.95. The van der Waals surface area contributed by atoms with E-state index in [1.165, 1.54) is 23.5 Å². The molecule has 0 saturated carbocycles. The first kappa shape index (κ1) is 19.3. The Bertz CT molecular complexity index is 887. The highest BCUT2D eigenvalue weighted by Gasteiger charge is 2.12. The number of rotatable bonds is 6. The quantitative estimate of drug-likeness (QED) is 0.657. The first-order valence-corrected chi connectivity index (χ1v) is 9.34. The van der Waals surface area contributed by atoms with Crippen LogP contribution in [0.1, 0.15) is 45.7 Å². The van der Waals surface area contributed by atoms with Crippen LogP contribution in [0, 0.1) is 0 Å². The van der Waals surface area contributed by atoms with Gasteiger partial charge in [-0.2, -0.15) is 0 Å². The molecule has 0 saturated heterocycles. The van der Waals surface area contributed by atoms with Gasteiger partial charge in [-0.15, -0.1) is 0 Å². The Kier molecular flexibility index (Phi) is 6.17. The maximum Gasteiger partial charge on any atom is 0.257 e. The topological polar surface area (TPSA) is 71.1 Å². The number of carbonyl (C=O) groups is 2. The van der Waals surface area contributed by atoms with E-state index in [0.29, 0.717) is 22.5 Å². The predicted molar refractivity (Wildman–Crippen MR) is 112 cm³/mol. The number of pyridine rings is 1. The molecule has 1 aromatic heterocycles. The molecule has 0 bridgehead atoms. The number of benzene rings is 2. The van der Waals surface area contributed by atoms with Gasteiger partial charge in [-0.1, -0.05) is 38.1 Å². The normalized spacial score (nSPS) is 10.4. The summed E-state index contributed by atoms with van der Waals surface area (Å²) in [6, 6.07) is 16.9. The average Bonchev–Trinajstić information content (AvgIpc) is 2.75. The highest BCUT2D eigenvalue weighted by molar-refractivity contribution is 6.08. The van der Waals surface area contributed by atoms with Gasteiger partial charge in [0, 0.05) is 23.8 Å². The highest BCUT2D eigenvalue weighted by Crippen LogP contribution is 2.14. The molecule has 28 heavy (non-hydrogen) atoms. The van der Waals surface area contributed by atoms with Crippen LogP contribution in [0.15, 0.2) is 67.0 Å². The summed E-state index contributed by atoms with van der Waals surface area (Å²) in [6.07, 6.45) is 4.78. The molecule has 0 radical (unpaired) electrons.